The van der Waals surface area contributed by atoms with Crippen molar-refractivity contribution in [3.05, 3.63) is 79.8 Å². The van der Waals surface area contributed by atoms with Gasteiger partial charge in [0.15, 0.2) is 0 Å². The molecule has 9 heteroatoms. The summed E-state index contributed by atoms with van der Waals surface area (Å²) in [5.41, 5.74) is 0.544. The molecule has 1 fully saturated rings. The molecule has 198 valence electrons. The van der Waals surface area contributed by atoms with E-state index in [0.29, 0.717) is 18.5 Å². The third-order valence-corrected chi connectivity index (χ3v) is 7.11. The number of hydrogen-bond acceptors (Lipinski definition) is 6. The first-order valence-corrected chi connectivity index (χ1v) is 13.6. The highest BCUT2D eigenvalue weighted by molar-refractivity contribution is 9.10. The molecule has 0 radical (unpaired) electrons. The quantitative estimate of drug-likeness (QED) is 0.103. The molecule has 1 amide bonds. The van der Waals surface area contributed by atoms with Gasteiger partial charge < -0.3 is 14.9 Å². The van der Waals surface area contributed by atoms with Gasteiger partial charge in [-0.05, 0) is 56.6 Å². The Balaban J connectivity index is 1.95. The Morgan fingerprint density at radius 2 is 1.65 bits per heavy atom. The molecule has 0 saturated carbocycles. The van der Waals surface area contributed by atoms with Crippen LogP contribution in [-0.4, -0.2) is 57.7 Å². The molecule has 8 nitrogen and oxygen atoms in total. The van der Waals surface area contributed by atoms with Gasteiger partial charge in [-0.1, -0.05) is 66.9 Å². The third kappa shape index (κ3) is 7.05. The molecule has 0 bridgehead atoms. The van der Waals surface area contributed by atoms with E-state index in [1.54, 1.807) is 0 Å². The van der Waals surface area contributed by atoms with Crippen LogP contribution in [0.4, 0.5) is 5.69 Å². The fourth-order valence-corrected chi connectivity index (χ4v) is 4.85. The Kier molecular flexibility index (Phi) is 10.4. The maximum Gasteiger partial charge on any atom is 0.295 e. The molecule has 0 aliphatic carbocycles. The zero-order chi connectivity index (χ0) is 26.9. The van der Waals surface area contributed by atoms with Crippen molar-refractivity contribution in [1.29, 1.82) is 0 Å². The van der Waals surface area contributed by atoms with Gasteiger partial charge in [0.25, 0.3) is 17.4 Å². The van der Waals surface area contributed by atoms with Gasteiger partial charge in [0.1, 0.15) is 5.76 Å². The van der Waals surface area contributed by atoms with Crippen molar-refractivity contribution in [2.45, 2.75) is 52.0 Å². The summed E-state index contributed by atoms with van der Waals surface area (Å²) >= 11 is 3.42. The number of benzene rings is 2. The van der Waals surface area contributed by atoms with Crippen LogP contribution < -0.4 is 0 Å². The first kappa shape index (κ1) is 28.5. The number of nitrogens with zero attached hydrogens (tertiary/aromatic N) is 3. The summed E-state index contributed by atoms with van der Waals surface area (Å²) in [4.78, 5) is 41.0. The first-order chi connectivity index (χ1) is 17.8. The van der Waals surface area contributed by atoms with Crippen LogP contribution in [0.15, 0.2) is 58.6 Å². The zero-order valence-corrected chi connectivity index (χ0v) is 22.9. The van der Waals surface area contributed by atoms with Crippen LogP contribution in [-0.2, 0) is 9.59 Å². The fourth-order valence-electron chi connectivity index (χ4n) is 4.59. The van der Waals surface area contributed by atoms with E-state index >= 15 is 0 Å². The summed E-state index contributed by atoms with van der Waals surface area (Å²) in [5, 5.41) is 22.4. The number of unbranched alkanes of at least 4 members (excludes halogenated alkanes) is 2. The van der Waals surface area contributed by atoms with E-state index in [4.69, 9.17) is 0 Å². The average molecular weight is 573 g/mol. The number of carbonyl (C=O) groups is 2. The van der Waals surface area contributed by atoms with Gasteiger partial charge >= 0.3 is 0 Å². The van der Waals surface area contributed by atoms with Gasteiger partial charge in [-0.25, -0.2) is 0 Å². The Labute approximate surface area is 226 Å². The van der Waals surface area contributed by atoms with Gasteiger partial charge in [0, 0.05) is 28.7 Å². The van der Waals surface area contributed by atoms with Gasteiger partial charge in [-0.3, -0.25) is 19.7 Å². The molecular weight excluding hydrogens is 538 g/mol. The molecular formula is C28H34BrN3O5. The van der Waals surface area contributed by atoms with Crippen molar-refractivity contribution in [1.82, 2.24) is 9.80 Å². The molecule has 2 aromatic rings. The van der Waals surface area contributed by atoms with Crippen LogP contribution >= 0.6 is 15.9 Å². The number of amides is 1. The van der Waals surface area contributed by atoms with Crippen molar-refractivity contribution in [3.63, 3.8) is 0 Å². The van der Waals surface area contributed by atoms with E-state index in [9.17, 15) is 24.8 Å². The van der Waals surface area contributed by atoms with Gasteiger partial charge in [0.05, 0.1) is 16.5 Å². The maximum atomic E-state index is 13.2. The molecule has 1 aliphatic heterocycles. The second-order valence-corrected chi connectivity index (χ2v) is 10.2. The minimum Gasteiger partial charge on any atom is -0.507 e. The number of hydrogen-bond donors (Lipinski definition) is 1. The van der Waals surface area contributed by atoms with Crippen molar-refractivity contribution in [3.8, 4) is 0 Å². The van der Waals surface area contributed by atoms with Gasteiger partial charge in [0.2, 0.25) is 0 Å². The number of nitro groups is 1. The lowest BCUT2D eigenvalue weighted by Crippen LogP contribution is -2.34. The monoisotopic (exact) mass is 571 g/mol. The second-order valence-electron chi connectivity index (χ2n) is 9.25. The topological polar surface area (TPSA) is 104 Å². The van der Waals surface area contributed by atoms with Crippen LogP contribution in [0.1, 0.15) is 63.1 Å². The molecule has 1 heterocycles. The smallest absolute Gasteiger partial charge is 0.295 e. The molecule has 1 N–H and O–H groups in total. The van der Waals surface area contributed by atoms with Crippen LogP contribution in [0.5, 0.6) is 0 Å². The van der Waals surface area contributed by atoms with E-state index in [-0.39, 0.29) is 16.8 Å². The predicted octanol–water partition coefficient (Wildman–Crippen LogP) is 6.07. The number of carbonyl (C=O) groups excluding carboxylic acids is 2. The summed E-state index contributed by atoms with van der Waals surface area (Å²) < 4.78 is 0.842. The number of aliphatic hydroxyl groups excluding tert-OH is 1. The lowest BCUT2D eigenvalue weighted by atomic mass is 9.95. The minimum atomic E-state index is -0.786. The molecule has 3 rings (SSSR count). The van der Waals surface area contributed by atoms with Crippen molar-refractivity contribution in [2.75, 3.05) is 26.2 Å². The zero-order valence-electron chi connectivity index (χ0n) is 21.4. The first-order valence-electron chi connectivity index (χ1n) is 12.8. The minimum absolute atomic E-state index is 0.0540. The largest absolute Gasteiger partial charge is 0.507 e. The molecule has 1 atom stereocenters. The SMILES string of the molecule is CCCCN(CCCC)CCCN1C(=O)C(=O)/C(=C(\O)c2cccc([N+](=O)[O-])c2)C1c1ccc(Br)cc1. The number of nitro benzene ring substituents is 1. The Morgan fingerprint density at radius 1 is 1.03 bits per heavy atom. The summed E-state index contributed by atoms with van der Waals surface area (Å²) in [5.74, 6) is -1.87. The van der Waals surface area contributed by atoms with Crippen LogP contribution in [0, 0.1) is 10.1 Å². The number of aliphatic hydroxyl groups is 1. The lowest BCUT2D eigenvalue weighted by Gasteiger charge is -2.27. The second kappa shape index (κ2) is 13.5. The van der Waals surface area contributed by atoms with Crippen LogP contribution in [0.25, 0.3) is 5.76 Å². The third-order valence-electron chi connectivity index (χ3n) is 6.59. The van der Waals surface area contributed by atoms with E-state index in [1.165, 1.54) is 29.2 Å². The lowest BCUT2D eigenvalue weighted by molar-refractivity contribution is -0.384. The fraction of sp³-hybridized carbons (Fsp3) is 0.429. The van der Waals surface area contributed by atoms with Crippen molar-refractivity contribution < 1.29 is 19.6 Å². The van der Waals surface area contributed by atoms with Gasteiger partial charge in [-0.15, -0.1) is 0 Å². The summed E-state index contributed by atoms with van der Waals surface area (Å²) in [6, 6.07) is 11.9. The average Bonchev–Trinajstić information content (AvgIpc) is 3.15. The summed E-state index contributed by atoms with van der Waals surface area (Å²) in [7, 11) is 0. The molecule has 0 spiro atoms. The molecule has 1 unspecified atom stereocenters. The van der Waals surface area contributed by atoms with E-state index in [0.717, 1.165) is 49.8 Å². The van der Waals surface area contributed by atoms with E-state index < -0.39 is 28.4 Å². The number of non-ortho nitro benzene ring substituents is 1. The van der Waals surface area contributed by atoms with Crippen molar-refractivity contribution in [2.24, 2.45) is 0 Å². The molecule has 1 saturated heterocycles. The predicted molar refractivity (Wildman–Crippen MR) is 147 cm³/mol. The molecule has 1 aliphatic rings. The molecule has 0 aromatic heterocycles. The molecule has 37 heavy (non-hydrogen) atoms. The summed E-state index contributed by atoms with van der Waals surface area (Å²) in [6.07, 6.45) is 5.12. The highest BCUT2D eigenvalue weighted by atomic mass is 79.9. The Morgan fingerprint density at radius 3 is 2.24 bits per heavy atom. The van der Waals surface area contributed by atoms with Crippen LogP contribution in [0.3, 0.4) is 0 Å². The standard InChI is InChI=1S/C28H34BrN3O5/c1-3-5-15-30(16-6-4-2)17-8-18-31-25(20-11-13-22(29)14-12-20)24(27(34)28(31)35)26(33)21-9-7-10-23(19-21)32(36)37/h7,9-14,19,25,33H,3-6,8,15-18H2,1-2H3/b26-24-. The number of Topliss-reactive ketones (excluding diaryl/α,β-unsaturated/α-hetero) is 1. The highest BCUT2D eigenvalue weighted by Crippen LogP contribution is 2.40. The van der Waals surface area contributed by atoms with Crippen LogP contribution in [0.2, 0.25) is 0 Å². The Hall–Kier alpha value is -3.04. The van der Waals surface area contributed by atoms with E-state index in [2.05, 4.69) is 34.7 Å². The number of ketones is 1. The van der Waals surface area contributed by atoms with E-state index in [1.807, 2.05) is 24.3 Å². The summed E-state index contributed by atoms with van der Waals surface area (Å²) in [6.45, 7) is 7.48. The normalized spacial score (nSPS) is 17.1. The number of likely N-dealkylation sites (tertiary alicyclic amines) is 1. The van der Waals surface area contributed by atoms with Gasteiger partial charge in [-0.2, -0.15) is 0 Å². The van der Waals surface area contributed by atoms with Crippen molar-refractivity contribution >= 4 is 39.1 Å². The number of rotatable bonds is 13. The highest BCUT2D eigenvalue weighted by Gasteiger charge is 2.45. The number of halogens is 1. The Bertz CT molecular complexity index is 1140. The molecule has 2 aromatic carbocycles. The maximum absolute atomic E-state index is 13.2.